The molecular formula is C26H33F3N2O2. The average molecular weight is 463 g/mol. The van der Waals surface area contributed by atoms with Gasteiger partial charge >= 0.3 is 12.1 Å². The highest BCUT2D eigenvalue weighted by atomic mass is 19.4. The molecule has 4 fully saturated rings. The van der Waals surface area contributed by atoms with Crippen molar-refractivity contribution in [1.82, 2.24) is 4.90 Å². The summed E-state index contributed by atoms with van der Waals surface area (Å²) in [6.45, 7) is 10.1. The van der Waals surface area contributed by atoms with Crippen LogP contribution in [0.3, 0.4) is 0 Å². The molecule has 33 heavy (non-hydrogen) atoms. The number of carbonyl (C=O) groups excluding carboxylic acids is 1. The van der Waals surface area contributed by atoms with E-state index in [4.69, 9.17) is 4.74 Å². The molecule has 0 N–H and O–H groups in total. The van der Waals surface area contributed by atoms with Crippen molar-refractivity contribution in [1.29, 1.82) is 0 Å². The number of rotatable bonds is 3. The number of esters is 1. The minimum atomic E-state index is -4.34. The van der Waals surface area contributed by atoms with Crippen molar-refractivity contribution < 1.29 is 22.7 Å². The Morgan fingerprint density at radius 2 is 1.97 bits per heavy atom. The van der Waals surface area contributed by atoms with Crippen LogP contribution in [0.5, 0.6) is 0 Å². The first-order valence-electron chi connectivity index (χ1n) is 12.2. The summed E-state index contributed by atoms with van der Waals surface area (Å²) in [5.41, 5.74) is 1.53. The number of piperazine rings is 1. The van der Waals surface area contributed by atoms with Crippen LogP contribution in [0.2, 0.25) is 0 Å². The number of ether oxygens (including phenoxy) is 1. The van der Waals surface area contributed by atoms with E-state index in [1.54, 1.807) is 6.07 Å². The summed E-state index contributed by atoms with van der Waals surface area (Å²) in [4.78, 5) is 17.1. The van der Waals surface area contributed by atoms with Gasteiger partial charge in [0.1, 0.15) is 6.10 Å². The number of fused-ring (bicyclic) bond motifs is 2. The Balaban J connectivity index is 1.21. The summed E-state index contributed by atoms with van der Waals surface area (Å²) in [5.74, 6) is 0.529. The maximum atomic E-state index is 13.1. The summed E-state index contributed by atoms with van der Waals surface area (Å²) in [6, 6.07) is 5.54. The molecule has 2 unspecified atom stereocenters. The number of nitrogens with zero attached hydrogens (tertiary/aromatic N) is 2. The van der Waals surface area contributed by atoms with Crippen molar-refractivity contribution >= 4 is 11.7 Å². The Kier molecular flexibility index (Phi) is 5.74. The minimum Gasteiger partial charge on any atom is -0.462 e. The van der Waals surface area contributed by atoms with Crippen LogP contribution >= 0.6 is 0 Å². The first kappa shape index (κ1) is 22.8. The molecule has 1 aromatic carbocycles. The van der Waals surface area contributed by atoms with E-state index in [1.807, 2.05) is 4.90 Å². The number of alkyl halides is 3. The maximum Gasteiger partial charge on any atom is 0.416 e. The molecule has 5 atom stereocenters. The number of carbonyl (C=O) groups is 1. The molecule has 4 nitrogen and oxygen atoms in total. The second-order valence-electron chi connectivity index (χ2n) is 10.7. The van der Waals surface area contributed by atoms with Crippen LogP contribution in [0.25, 0.3) is 0 Å². The lowest BCUT2D eigenvalue weighted by Crippen LogP contribution is -2.50. The third-order valence-electron chi connectivity index (χ3n) is 8.69. The molecule has 1 aromatic rings. The van der Waals surface area contributed by atoms with Crippen LogP contribution in [0, 0.1) is 23.2 Å². The summed E-state index contributed by atoms with van der Waals surface area (Å²) in [7, 11) is 0. The number of anilines is 1. The largest absolute Gasteiger partial charge is 0.462 e. The molecule has 2 aliphatic heterocycles. The quantitative estimate of drug-likeness (QED) is 0.460. The zero-order chi connectivity index (χ0) is 23.4. The zero-order valence-electron chi connectivity index (χ0n) is 19.2. The van der Waals surface area contributed by atoms with Gasteiger partial charge in [-0.25, -0.2) is 0 Å². The van der Waals surface area contributed by atoms with Crippen LogP contribution in [-0.4, -0.2) is 49.7 Å². The number of halogens is 3. The number of benzene rings is 1. The minimum absolute atomic E-state index is 0.0149. The van der Waals surface area contributed by atoms with Gasteiger partial charge in [-0.15, -0.1) is 0 Å². The Hall–Kier alpha value is -2.02. The normalized spacial score (nSPS) is 35.2. The van der Waals surface area contributed by atoms with Crippen molar-refractivity contribution in [3.05, 3.63) is 42.0 Å². The van der Waals surface area contributed by atoms with Gasteiger partial charge in [0.25, 0.3) is 0 Å². The predicted molar refractivity (Wildman–Crippen MR) is 121 cm³/mol. The molecule has 2 saturated carbocycles. The number of hydrogen-bond acceptors (Lipinski definition) is 4. The van der Waals surface area contributed by atoms with Crippen LogP contribution < -0.4 is 4.90 Å². The van der Waals surface area contributed by atoms with Crippen molar-refractivity contribution in [2.24, 2.45) is 23.2 Å². The SMILES string of the molecule is C=C1CCC[C@]2(C)C[C@H]3OC(=O)C(CN4CCN(c5cccc(C(F)(F)F)c5)CC4)[C@H]3CC12. The van der Waals surface area contributed by atoms with E-state index < -0.39 is 11.7 Å². The number of allylic oxidation sites excluding steroid dienone is 1. The van der Waals surface area contributed by atoms with Crippen LogP contribution in [0.1, 0.15) is 44.6 Å². The Labute approximate surface area is 193 Å². The average Bonchev–Trinajstić information content (AvgIpc) is 3.06. The summed E-state index contributed by atoms with van der Waals surface area (Å²) in [5, 5.41) is 0. The molecule has 0 aromatic heterocycles. The summed E-state index contributed by atoms with van der Waals surface area (Å²) >= 11 is 0. The van der Waals surface area contributed by atoms with Crippen molar-refractivity contribution in [3.8, 4) is 0 Å². The molecule has 2 aliphatic carbocycles. The predicted octanol–water partition coefficient (Wildman–Crippen LogP) is 5.14. The molecule has 4 aliphatic rings. The van der Waals surface area contributed by atoms with Gasteiger partial charge < -0.3 is 9.64 Å². The fraction of sp³-hybridized carbons (Fsp3) is 0.654. The summed E-state index contributed by atoms with van der Waals surface area (Å²) < 4.78 is 45.1. The highest BCUT2D eigenvalue weighted by Crippen LogP contribution is 2.57. The third kappa shape index (κ3) is 4.29. The van der Waals surface area contributed by atoms with E-state index in [2.05, 4.69) is 18.4 Å². The first-order chi connectivity index (χ1) is 15.6. The van der Waals surface area contributed by atoms with E-state index in [1.165, 1.54) is 30.5 Å². The second-order valence-corrected chi connectivity index (χ2v) is 10.7. The van der Waals surface area contributed by atoms with E-state index in [-0.39, 0.29) is 29.3 Å². The highest BCUT2D eigenvalue weighted by molar-refractivity contribution is 5.75. The lowest BCUT2D eigenvalue weighted by atomic mass is 9.55. The molecule has 0 amide bonds. The zero-order valence-corrected chi connectivity index (χ0v) is 19.2. The molecular weight excluding hydrogens is 429 g/mol. The van der Waals surface area contributed by atoms with E-state index >= 15 is 0 Å². The topological polar surface area (TPSA) is 32.8 Å². The monoisotopic (exact) mass is 462 g/mol. The van der Waals surface area contributed by atoms with Crippen LogP contribution in [0.4, 0.5) is 18.9 Å². The van der Waals surface area contributed by atoms with Gasteiger partial charge in [-0.3, -0.25) is 9.69 Å². The van der Waals surface area contributed by atoms with E-state index in [0.29, 0.717) is 31.2 Å². The van der Waals surface area contributed by atoms with Gasteiger partial charge in [0, 0.05) is 44.3 Å². The lowest BCUT2D eigenvalue weighted by Gasteiger charge is -2.50. The fourth-order valence-corrected chi connectivity index (χ4v) is 6.81. The molecule has 0 radical (unpaired) electrons. The second kappa shape index (κ2) is 8.33. The molecule has 180 valence electrons. The van der Waals surface area contributed by atoms with Gasteiger partial charge in [0.05, 0.1) is 11.5 Å². The Morgan fingerprint density at radius 1 is 1.21 bits per heavy atom. The van der Waals surface area contributed by atoms with E-state index in [0.717, 1.165) is 38.4 Å². The molecule has 0 spiro atoms. The molecule has 7 heteroatoms. The van der Waals surface area contributed by atoms with Crippen molar-refractivity contribution in [2.45, 2.75) is 51.3 Å². The van der Waals surface area contributed by atoms with Gasteiger partial charge in [-0.1, -0.05) is 25.1 Å². The fourth-order valence-electron chi connectivity index (χ4n) is 6.81. The highest BCUT2D eigenvalue weighted by Gasteiger charge is 2.55. The Bertz CT molecular complexity index is 924. The van der Waals surface area contributed by atoms with Gasteiger partial charge in [0.15, 0.2) is 0 Å². The Morgan fingerprint density at radius 3 is 2.70 bits per heavy atom. The number of hydrogen-bond donors (Lipinski definition) is 0. The van der Waals surface area contributed by atoms with Crippen molar-refractivity contribution in [2.75, 3.05) is 37.6 Å². The van der Waals surface area contributed by atoms with Gasteiger partial charge in [-0.2, -0.15) is 13.2 Å². The van der Waals surface area contributed by atoms with Crippen LogP contribution in [-0.2, 0) is 15.7 Å². The molecule has 2 saturated heterocycles. The standard InChI is InChI=1S/C26H33F3N2O2/c1-17-5-4-8-25(2)15-23-20(14-22(17)25)21(24(32)33-23)16-30-9-11-31(12-10-30)19-7-3-6-18(13-19)26(27,28)29/h3,6-7,13,20-23H,1,4-5,8-12,14-16H2,2H3/t20-,21?,22?,23-,25-/m1/s1. The smallest absolute Gasteiger partial charge is 0.416 e. The molecule has 2 heterocycles. The molecule has 5 rings (SSSR count). The van der Waals surface area contributed by atoms with Crippen molar-refractivity contribution in [3.63, 3.8) is 0 Å². The van der Waals surface area contributed by atoms with Gasteiger partial charge in [-0.05, 0) is 61.6 Å². The van der Waals surface area contributed by atoms with Gasteiger partial charge in [0.2, 0.25) is 0 Å². The third-order valence-corrected chi connectivity index (χ3v) is 8.69. The van der Waals surface area contributed by atoms with E-state index in [9.17, 15) is 18.0 Å². The van der Waals surface area contributed by atoms with Crippen LogP contribution in [0.15, 0.2) is 36.4 Å². The summed E-state index contributed by atoms with van der Waals surface area (Å²) in [6.07, 6.45) is 1.05. The lowest BCUT2D eigenvalue weighted by molar-refractivity contribution is -0.146. The molecule has 0 bridgehead atoms. The maximum absolute atomic E-state index is 13.1. The first-order valence-corrected chi connectivity index (χ1v) is 12.2.